The van der Waals surface area contributed by atoms with Gasteiger partial charge in [-0.05, 0) is 29.8 Å². The van der Waals surface area contributed by atoms with E-state index >= 15 is 0 Å². The molecule has 0 saturated carbocycles. The minimum absolute atomic E-state index is 0. The molecule has 0 amide bonds. The minimum Gasteiger partial charge on any atom is -0.301 e. The topological polar surface area (TPSA) is 18.8 Å². The molecule has 1 saturated heterocycles. The highest BCUT2D eigenvalue weighted by Gasteiger charge is 2.45. The van der Waals surface area contributed by atoms with E-state index in [2.05, 4.69) is 10.0 Å². The number of likely N-dealkylation sites (tertiary alicyclic amines) is 1. The van der Waals surface area contributed by atoms with Crippen LogP contribution in [0.5, 0.6) is 0 Å². The van der Waals surface area contributed by atoms with Crippen LogP contribution in [0, 0.1) is 5.92 Å². The zero-order chi connectivity index (χ0) is 19.7. The maximum absolute atomic E-state index is 13.3. The normalized spacial score (nSPS) is 23.5. The smallest absolute Gasteiger partial charge is 0.301 e. The van der Waals surface area contributed by atoms with Crippen LogP contribution in [0.15, 0.2) is 71.3 Å². The van der Waals surface area contributed by atoms with E-state index < -0.39 is 18.8 Å². The number of hydrogen-bond acceptors (Lipinski definition) is 3. The molecule has 2 aliphatic heterocycles. The van der Waals surface area contributed by atoms with Crippen molar-refractivity contribution in [3.8, 4) is 0 Å². The first-order chi connectivity index (χ1) is 13.4. The van der Waals surface area contributed by atoms with Gasteiger partial charge in [0, 0.05) is 19.0 Å². The van der Waals surface area contributed by atoms with E-state index in [0.29, 0.717) is 13.1 Å². The molecule has 2 aliphatic rings. The molecule has 0 spiro atoms. The molecule has 2 atom stereocenters. The van der Waals surface area contributed by atoms with Crippen molar-refractivity contribution in [1.29, 1.82) is 0 Å². The molecule has 3 nitrogen and oxygen atoms in total. The van der Waals surface area contributed by atoms with Gasteiger partial charge in [0.2, 0.25) is 0 Å². The number of halogens is 4. The Morgan fingerprint density at radius 2 is 1.66 bits per heavy atom. The number of fused-ring (bicyclic) bond motifs is 1. The van der Waals surface area contributed by atoms with Gasteiger partial charge in [-0.25, -0.2) is 0 Å². The maximum atomic E-state index is 13.3. The van der Waals surface area contributed by atoms with Gasteiger partial charge in [-0.3, -0.25) is 5.01 Å². The Bertz CT molecular complexity index is 881. The lowest BCUT2D eigenvalue weighted by atomic mass is 9.83. The van der Waals surface area contributed by atoms with Crippen LogP contribution in [-0.4, -0.2) is 48.5 Å². The highest BCUT2D eigenvalue weighted by atomic mass is 35.5. The van der Waals surface area contributed by atoms with Crippen molar-refractivity contribution < 1.29 is 13.2 Å². The van der Waals surface area contributed by atoms with Crippen LogP contribution >= 0.6 is 12.4 Å². The van der Waals surface area contributed by atoms with Gasteiger partial charge in [0.05, 0.1) is 11.8 Å². The molecule has 0 aromatic heterocycles. The average molecular weight is 422 g/mol. The Labute approximate surface area is 174 Å². The Balaban J connectivity index is 0.00000240. The quantitative estimate of drug-likeness (QED) is 0.692. The number of hydrogen-bond donors (Lipinski definition) is 0. The van der Waals surface area contributed by atoms with Crippen LogP contribution in [0.1, 0.15) is 17.2 Å². The molecular formula is C22H23ClF3N3. The van der Waals surface area contributed by atoms with Crippen molar-refractivity contribution in [3.63, 3.8) is 0 Å². The second kappa shape index (κ2) is 8.59. The second-order valence-corrected chi connectivity index (χ2v) is 7.44. The molecule has 0 aliphatic carbocycles. The average Bonchev–Trinajstić information content (AvgIpc) is 2.99. The zero-order valence-corrected chi connectivity index (χ0v) is 16.8. The SMILES string of the molecule is CN1CC(=Cc2ccccc2)C2=NN(CC(F)(F)F)C(c3ccccc3)C2C1.Cl. The molecule has 0 radical (unpaired) electrons. The molecule has 2 aromatic carbocycles. The van der Waals surface area contributed by atoms with E-state index in [0.717, 1.165) is 22.4 Å². The van der Waals surface area contributed by atoms with Gasteiger partial charge in [-0.1, -0.05) is 60.7 Å². The summed E-state index contributed by atoms with van der Waals surface area (Å²) in [6, 6.07) is 18.8. The number of alkyl halides is 3. The summed E-state index contributed by atoms with van der Waals surface area (Å²) in [5.74, 6) is -0.0986. The van der Waals surface area contributed by atoms with Crippen LogP contribution < -0.4 is 0 Å². The number of likely N-dealkylation sites (N-methyl/N-ethyl adjacent to an activating group) is 1. The third-order valence-corrected chi connectivity index (χ3v) is 5.19. The van der Waals surface area contributed by atoms with Crippen LogP contribution in [0.25, 0.3) is 6.08 Å². The molecule has 2 heterocycles. The summed E-state index contributed by atoms with van der Waals surface area (Å²) in [4.78, 5) is 2.16. The van der Waals surface area contributed by atoms with E-state index in [1.54, 1.807) is 0 Å². The molecule has 1 fully saturated rings. The summed E-state index contributed by atoms with van der Waals surface area (Å²) in [6.07, 6.45) is -2.26. The Kier molecular flexibility index (Phi) is 6.34. The lowest BCUT2D eigenvalue weighted by Gasteiger charge is -2.34. The molecule has 0 N–H and O–H groups in total. The summed E-state index contributed by atoms with van der Waals surface area (Å²) in [7, 11) is 2.00. The second-order valence-electron chi connectivity index (χ2n) is 7.44. The number of rotatable bonds is 3. The van der Waals surface area contributed by atoms with Crippen molar-refractivity contribution in [2.45, 2.75) is 12.2 Å². The highest BCUT2D eigenvalue weighted by molar-refractivity contribution is 6.07. The molecule has 4 rings (SSSR count). The summed E-state index contributed by atoms with van der Waals surface area (Å²) >= 11 is 0. The minimum atomic E-state index is -4.31. The number of benzene rings is 2. The largest absolute Gasteiger partial charge is 0.407 e. The van der Waals surface area contributed by atoms with E-state index in [4.69, 9.17) is 0 Å². The monoisotopic (exact) mass is 421 g/mol. The predicted octanol–water partition coefficient (Wildman–Crippen LogP) is 5.03. The zero-order valence-electron chi connectivity index (χ0n) is 16.0. The molecule has 2 aromatic rings. The molecule has 7 heteroatoms. The molecule has 154 valence electrons. The summed E-state index contributed by atoms with van der Waals surface area (Å²) in [5.41, 5.74) is 3.65. The Morgan fingerprint density at radius 1 is 1.03 bits per heavy atom. The van der Waals surface area contributed by atoms with Crippen molar-refractivity contribution >= 4 is 24.2 Å². The lowest BCUT2D eigenvalue weighted by molar-refractivity contribution is -0.150. The number of nitrogens with zero attached hydrogens (tertiary/aromatic N) is 3. The van der Waals surface area contributed by atoms with Crippen molar-refractivity contribution in [1.82, 2.24) is 9.91 Å². The van der Waals surface area contributed by atoms with Gasteiger partial charge in [-0.2, -0.15) is 18.3 Å². The predicted molar refractivity (Wildman–Crippen MR) is 112 cm³/mol. The molecule has 0 bridgehead atoms. The standard InChI is InChI=1S/C22H22F3N3.ClH/c1-27-13-18(12-16-8-4-2-5-9-16)20-19(14-27)21(17-10-6-3-7-11-17)28(26-20)15-22(23,24)25;/h2-12,19,21H,13-15H2,1H3;1H. The summed E-state index contributed by atoms with van der Waals surface area (Å²) in [5, 5.41) is 5.73. The van der Waals surface area contributed by atoms with Gasteiger partial charge in [0.15, 0.2) is 0 Å². The van der Waals surface area contributed by atoms with E-state index in [9.17, 15) is 13.2 Å². The van der Waals surface area contributed by atoms with Crippen molar-refractivity contribution in [2.75, 3.05) is 26.7 Å². The molecular weight excluding hydrogens is 399 g/mol. The summed E-state index contributed by atoms with van der Waals surface area (Å²) in [6.45, 7) is 0.305. The van der Waals surface area contributed by atoms with Gasteiger partial charge in [0.1, 0.15) is 6.54 Å². The number of piperidine rings is 1. The first-order valence-corrected chi connectivity index (χ1v) is 9.32. The lowest BCUT2D eigenvalue weighted by Crippen LogP contribution is -2.42. The van der Waals surface area contributed by atoms with E-state index in [1.807, 2.05) is 73.8 Å². The fourth-order valence-electron chi connectivity index (χ4n) is 4.13. The van der Waals surface area contributed by atoms with Crippen molar-refractivity contribution in [2.24, 2.45) is 11.0 Å². The Morgan fingerprint density at radius 3 is 2.28 bits per heavy atom. The van der Waals surface area contributed by atoms with Gasteiger partial charge >= 0.3 is 6.18 Å². The van der Waals surface area contributed by atoms with Crippen LogP contribution in [0.3, 0.4) is 0 Å². The fourth-order valence-corrected chi connectivity index (χ4v) is 4.13. The molecule has 2 unspecified atom stereocenters. The highest BCUT2D eigenvalue weighted by Crippen LogP contribution is 2.41. The Hall–Kier alpha value is -2.31. The van der Waals surface area contributed by atoms with Gasteiger partial charge < -0.3 is 4.90 Å². The van der Waals surface area contributed by atoms with Crippen LogP contribution in [0.2, 0.25) is 0 Å². The first-order valence-electron chi connectivity index (χ1n) is 9.32. The maximum Gasteiger partial charge on any atom is 0.407 e. The van der Waals surface area contributed by atoms with Crippen LogP contribution in [0.4, 0.5) is 13.2 Å². The third kappa shape index (κ3) is 4.82. The summed E-state index contributed by atoms with van der Waals surface area (Å²) < 4.78 is 39.8. The first kappa shape index (κ1) is 21.4. The third-order valence-electron chi connectivity index (χ3n) is 5.19. The number of hydrazone groups is 1. The fraction of sp³-hybridized carbons (Fsp3) is 0.318. The molecule has 29 heavy (non-hydrogen) atoms. The van der Waals surface area contributed by atoms with E-state index in [-0.39, 0.29) is 18.3 Å². The van der Waals surface area contributed by atoms with Gasteiger partial charge in [-0.15, -0.1) is 12.4 Å². The van der Waals surface area contributed by atoms with Gasteiger partial charge in [0.25, 0.3) is 0 Å². The van der Waals surface area contributed by atoms with Crippen LogP contribution in [-0.2, 0) is 0 Å². The van der Waals surface area contributed by atoms with Crippen molar-refractivity contribution in [3.05, 3.63) is 77.4 Å². The van der Waals surface area contributed by atoms with E-state index in [1.165, 1.54) is 5.01 Å².